The predicted molar refractivity (Wildman–Crippen MR) is 89.7 cm³/mol. The number of likely N-dealkylation sites (tertiary alicyclic amines) is 1. The zero-order valence-electron chi connectivity index (χ0n) is 14.6. The molecule has 1 aliphatic rings. The zero-order chi connectivity index (χ0) is 20.8. The van der Waals surface area contributed by atoms with Crippen LogP contribution in [-0.4, -0.2) is 34.0 Å². The molecule has 0 saturated carbocycles. The van der Waals surface area contributed by atoms with Gasteiger partial charge in [-0.2, -0.15) is 18.2 Å². The van der Waals surface area contributed by atoms with Crippen LogP contribution >= 0.6 is 0 Å². The molecule has 0 spiro atoms. The SMILES string of the molecule is O=C(c1c(F)cccc1F)N1CC(c2nc(-c3cccc(C(F)(F)F)c3)no2)C1. The van der Waals surface area contributed by atoms with E-state index in [1.165, 1.54) is 17.0 Å². The lowest BCUT2D eigenvalue weighted by atomic mass is 9.98. The molecule has 10 heteroatoms. The molecule has 0 radical (unpaired) electrons. The van der Waals surface area contributed by atoms with Gasteiger partial charge in [-0.05, 0) is 24.3 Å². The second-order valence-corrected chi connectivity index (χ2v) is 6.54. The first-order chi connectivity index (χ1) is 13.7. The highest BCUT2D eigenvalue weighted by molar-refractivity contribution is 5.95. The van der Waals surface area contributed by atoms with Gasteiger partial charge in [-0.15, -0.1) is 0 Å². The zero-order valence-corrected chi connectivity index (χ0v) is 14.6. The molecule has 1 aliphatic heterocycles. The number of alkyl halides is 3. The van der Waals surface area contributed by atoms with Crippen LogP contribution in [0.25, 0.3) is 11.4 Å². The molecule has 3 aromatic rings. The van der Waals surface area contributed by atoms with E-state index >= 15 is 0 Å². The summed E-state index contributed by atoms with van der Waals surface area (Å²) in [6.07, 6.45) is -4.50. The monoisotopic (exact) mass is 409 g/mol. The summed E-state index contributed by atoms with van der Waals surface area (Å²) in [5.74, 6) is -2.96. The van der Waals surface area contributed by atoms with Crippen LogP contribution in [0.1, 0.15) is 27.7 Å². The molecule has 5 nitrogen and oxygen atoms in total. The summed E-state index contributed by atoms with van der Waals surface area (Å²) < 4.78 is 71.1. The van der Waals surface area contributed by atoms with Crippen LogP contribution < -0.4 is 0 Å². The van der Waals surface area contributed by atoms with Crippen molar-refractivity contribution in [2.75, 3.05) is 13.1 Å². The molecule has 1 saturated heterocycles. The number of aromatic nitrogens is 2. The summed E-state index contributed by atoms with van der Waals surface area (Å²) in [4.78, 5) is 17.6. The lowest BCUT2D eigenvalue weighted by molar-refractivity contribution is -0.137. The maximum Gasteiger partial charge on any atom is 0.416 e. The fraction of sp³-hybridized carbons (Fsp3) is 0.211. The minimum absolute atomic E-state index is 0.0176. The molecule has 0 atom stereocenters. The molecule has 150 valence electrons. The Labute approximate surface area is 160 Å². The summed E-state index contributed by atoms with van der Waals surface area (Å²) in [7, 11) is 0. The van der Waals surface area contributed by atoms with Crippen LogP contribution in [0.3, 0.4) is 0 Å². The molecular weight excluding hydrogens is 397 g/mol. The fourth-order valence-corrected chi connectivity index (χ4v) is 3.01. The van der Waals surface area contributed by atoms with Crippen molar-refractivity contribution >= 4 is 5.91 Å². The first-order valence-corrected chi connectivity index (χ1v) is 8.48. The Hall–Kier alpha value is -3.30. The number of carbonyl (C=O) groups excluding carboxylic acids is 1. The van der Waals surface area contributed by atoms with Gasteiger partial charge < -0.3 is 9.42 Å². The van der Waals surface area contributed by atoms with Crippen molar-refractivity contribution in [3.63, 3.8) is 0 Å². The average Bonchev–Trinajstić information content (AvgIpc) is 3.09. The van der Waals surface area contributed by atoms with Gasteiger partial charge in [-0.3, -0.25) is 4.79 Å². The van der Waals surface area contributed by atoms with Crippen molar-refractivity contribution in [3.8, 4) is 11.4 Å². The van der Waals surface area contributed by atoms with Crippen LogP contribution in [0.2, 0.25) is 0 Å². The lowest BCUT2D eigenvalue weighted by Gasteiger charge is -2.37. The third-order valence-corrected chi connectivity index (χ3v) is 4.58. The molecular formula is C19H12F5N3O2. The quantitative estimate of drug-likeness (QED) is 0.606. The Morgan fingerprint density at radius 2 is 1.72 bits per heavy atom. The summed E-state index contributed by atoms with van der Waals surface area (Å²) in [6, 6.07) is 7.64. The number of halogens is 5. The van der Waals surface area contributed by atoms with Gasteiger partial charge in [-0.25, -0.2) is 8.78 Å². The highest BCUT2D eigenvalue weighted by Crippen LogP contribution is 2.33. The van der Waals surface area contributed by atoms with Crippen LogP contribution in [0.4, 0.5) is 22.0 Å². The van der Waals surface area contributed by atoms with E-state index in [9.17, 15) is 26.7 Å². The molecule has 2 heterocycles. The molecule has 1 amide bonds. The van der Waals surface area contributed by atoms with Crippen LogP contribution in [0.5, 0.6) is 0 Å². The van der Waals surface area contributed by atoms with Gasteiger partial charge in [0, 0.05) is 18.7 Å². The smallest absolute Gasteiger partial charge is 0.339 e. The summed E-state index contributed by atoms with van der Waals surface area (Å²) in [5, 5.41) is 3.69. The van der Waals surface area contributed by atoms with Crippen molar-refractivity contribution in [1.82, 2.24) is 15.0 Å². The van der Waals surface area contributed by atoms with Gasteiger partial charge >= 0.3 is 6.18 Å². The van der Waals surface area contributed by atoms with E-state index in [0.29, 0.717) is 0 Å². The Morgan fingerprint density at radius 1 is 1.07 bits per heavy atom. The molecule has 4 rings (SSSR count). The van der Waals surface area contributed by atoms with Crippen molar-refractivity contribution in [2.24, 2.45) is 0 Å². The number of nitrogens with zero attached hydrogens (tertiary/aromatic N) is 3. The molecule has 2 aromatic carbocycles. The third-order valence-electron chi connectivity index (χ3n) is 4.58. The standard InChI is InChI=1S/C19H12F5N3O2/c20-13-5-2-6-14(21)15(13)18(28)27-8-11(9-27)17-25-16(26-29-17)10-3-1-4-12(7-10)19(22,23)24/h1-7,11H,8-9H2. The Bertz CT molecular complexity index is 1050. The maximum atomic E-state index is 13.7. The molecule has 29 heavy (non-hydrogen) atoms. The van der Waals surface area contributed by atoms with Gasteiger partial charge in [0.25, 0.3) is 5.91 Å². The van der Waals surface area contributed by atoms with E-state index in [-0.39, 0.29) is 36.3 Å². The van der Waals surface area contributed by atoms with E-state index in [1.54, 1.807) is 0 Å². The number of rotatable bonds is 3. The summed E-state index contributed by atoms with van der Waals surface area (Å²) >= 11 is 0. The number of benzene rings is 2. The molecule has 0 N–H and O–H groups in total. The van der Waals surface area contributed by atoms with Crippen LogP contribution in [0, 0.1) is 11.6 Å². The van der Waals surface area contributed by atoms with Crippen molar-refractivity contribution in [1.29, 1.82) is 0 Å². The number of hydrogen-bond donors (Lipinski definition) is 0. The second kappa shape index (κ2) is 6.94. The highest BCUT2D eigenvalue weighted by atomic mass is 19.4. The number of amides is 1. The first kappa shape index (κ1) is 19.0. The summed E-state index contributed by atoms with van der Waals surface area (Å²) in [6.45, 7) is 0.188. The molecule has 1 fully saturated rings. The van der Waals surface area contributed by atoms with Gasteiger partial charge in [0.1, 0.15) is 17.2 Å². The highest BCUT2D eigenvalue weighted by Gasteiger charge is 2.38. The topological polar surface area (TPSA) is 59.2 Å². The molecule has 0 unspecified atom stereocenters. The van der Waals surface area contributed by atoms with Crippen molar-refractivity contribution < 1.29 is 31.3 Å². The average molecular weight is 409 g/mol. The van der Waals surface area contributed by atoms with E-state index in [2.05, 4.69) is 10.1 Å². The minimum Gasteiger partial charge on any atom is -0.339 e. The first-order valence-electron chi connectivity index (χ1n) is 8.48. The Morgan fingerprint density at radius 3 is 2.38 bits per heavy atom. The summed E-state index contributed by atoms with van der Waals surface area (Å²) in [5.41, 5.74) is -1.34. The Balaban J connectivity index is 1.47. The minimum atomic E-state index is -4.50. The van der Waals surface area contributed by atoms with Gasteiger partial charge in [0.15, 0.2) is 0 Å². The van der Waals surface area contributed by atoms with E-state index in [4.69, 9.17) is 4.52 Å². The van der Waals surface area contributed by atoms with Gasteiger partial charge in [-0.1, -0.05) is 23.4 Å². The Kier molecular flexibility index (Phi) is 4.56. The predicted octanol–water partition coefficient (Wildman–Crippen LogP) is 4.27. The molecule has 0 aliphatic carbocycles. The third kappa shape index (κ3) is 3.57. The second-order valence-electron chi connectivity index (χ2n) is 6.54. The normalized spacial score (nSPS) is 14.7. The van der Waals surface area contributed by atoms with Crippen LogP contribution in [0.15, 0.2) is 47.0 Å². The van der Waals surface area contributed by atoms with E-state index in [1.807, 2.05) is 0 Å². The maximum absolute atomic E-state index is 13.7. The molecule has 0 bridgehead atoms. The number of carbonyl (C=O) groups is 1. The largest absolute Gasteiger partial charge is 0.416 e. The lowest BCUT2D eigenvalue weighted by Crippen LogP contribution is -2.49. The number of hydrogen-bond acceptors (Lipinski definition) is 4. The van der Waals surface area contributed by atoms with Gasteiger partial charge in [0.2, 0.25) is 11.7 Å². The van der Waals surface area contributed by atoms with E-state index in [0.717, 1.165) is 30.3 Å². The van der Waals surface area contributed by atoms with E-state index < -0.39 is 34.8 Å². The van der Waals surface area contributed by atoms with Crippen molar-refractivity contribution in [3.05, 3.63) is 71.1 Å². The van der Waals surface area contributed by atoms with Crippen LogP contribution in [-0.2, 0) is 6.18 Å². The molecule has 1 aromatic heterocycles. The fourth-order valence-electron chi connectivity index (χ4n) is 3.01. The van der Waals surface area contributed by atoms with Crippen molar-refractivity contribution in [2.45, 2.75) is 12.1 Å². The van der Waals surface area contributed by atoms with Gasteiger partial charge in [0.05, 0.1) is 11.5 Å².